The van der Waals surface area contributed by atoms with E-state index < -0.39 is 18.4 Å². The van der Waals surface area contributed by atoms with Gasteiger partial charge in [-0.2, -0.15) is 0 Å². The topological polar surface area (TPSA) is 112 Å². The first kappa shape index (κ1) is 34.0. The van der Waals surface area contributed by atoms with Gasteiger partial charge >= 0.3 is 12.1 Å². The minimum Gasteiger partial charge on any atom is -0.472 e. The van der Waals surface area contributed by atoms with Crippen LogP contribution in [0.4, 0.5) is 10.5 Å². The van der Waals surface area contributed by atoms with E-state index >= 15 is 0 Å². The first-order valence-electron chi connectivity index (χ1n) is 17.6. The van der Waals surface area contributed by atoms with Gasteiger partial charge in [0.2, 0.25) is 12.2 Å². The van der Waals surface area contributed by atoms with E-state index in [9.17, 15) is 14.4 Å². The number of nitrogens with zero attached hydrogens (tertiary/aromatic N) is 4. The summed E-state index contributed by atoms with van der Waals surface area (Å²) in [6.07, 6.45) is 3.15. The number of aromatic nitrogens is 2. The Morgan fingerprint density at radius 1 is 1.02 bits per heavy atom. The molecular formula is C38H44N4O7S. The average Bonchev–Trinajstić information content (AvgIpc) is 3.72. The molecule has 4 aromatic rings. The van der Waals surface area contributed by atoms with E-state index in [4.69, 9.17) is 23.9 Å². The van der Waals surface area contributed by atoms with Crippen molar-refractivity contribution in [2.75, 3.05) is 31.6 Å². The number of thiophene rings is 1. The number of para-hydroxylation sites is 2. The SMILES string of the molecule is CCOC(=O)OC(C)OC(=O)c1sc(-c2ccc3c(c2)OCn2c-3nc3ccccc32)cc1N(C(=O)C1CCC(C)CC1)C1CCN(C)CC1. The number of amides is 1. The third-order valence-corrected chi connectivity index (χ3v) is 11.3. The quantitative estimate of drug-likeness (QED) is 0.135. The molecule has 264 valence electrons. The molecule has 1 aliphatic carbocycles. The normalized spacial score (nSPS) is 19.9. The van der Waals surface area contributed by atoms with Gasteiger partial charge in [0.25, 0.3) is 0 Å². The van der Waals surface area contributed by atoms with Crippen LogP contribution in [0.5, 0.6) is 5.75 Å². The molecule has 2 fully saturated rings. The number of hydrogen-bond acceptors (Lipinski definition) is 10. The summed E-state index contributed by atoms with van der Waals surface area (Å²) in [5, 5.41) is 0. The number of esters is 1. The van der Waals surface area contributed by atoms with Crippen molar-refractivity contribution in [3.63, 3.8) is 0 Å². The van der Waals surface area contributed by atoms with Crippen molar-refractivity contribution in [2.24, 2.45) is 11.8 Å². The summed E-state index contributed by atoms with van der Waals surface area (Å²) in [6, 6.07) is 15.8. The van der Waals surface area contributed by atoms with Gasteiger partial charge in [-0.15, -0.1) is 11.3 Å². The van der Waals surface area contributed by atoms with Crippen molar-refractivity contribution in [1.82, 2.24) is 14.5 Å². The summed E-state index contributed by atoms with van der Waals surface area (Å²) in [6.45, 7) is 7.55. The van der Waals surface area contributed by atoms with Crippen molar-refractivity contribution in [1.29, 1.82) is 0 Å². The summed E-state index contributed by atoms with van der Waals surface area (Å²) in [7, 11) is 2.09. The molecule has 50 heavy (non-hydrogen) atoms. The van der Waals surface area contributed by atoms with Crippen LogP contribution in [0.25, 0.3) is 32.9 Å². The molecule has 0 N–H and O–H groups in total. The van der Waals surface area contributed by atoms with Gasteiger partial charge in [-0.3, -0.25) is 9.36 Å². The van der Waals surface area contributed by atoms with E-state index in [0.29, 0.717) is 24.1 Å². The minimum absolute atomic E-state index is 0.0633. The molecule has 2 aliphatic heterocycles. The van der Waals surface area contributed by atoms with Crippen molar-refractivity contribution in [2.45, 2.75) is 78.4 Å². The number of rotatable bonds is 8. The fourth-order valence-corrected chi connectivity index (χ4v) is 8.37. The number of benzene rings is 2. The Bertz CT molecular complexity index is 1890. The first-order valence-corrected chi connectivity index (χ1v) is 18.4. The van der Waals surface area contributed by atoms with Crippen LogP contribution in [0.2, 0.25) is 0 Å². The molecule has 0 bridgehead atoms. The van der Waals surface area contributed by atoms with Gasteiger partial charge in [-0.05, 0) is 107 Å². The molecule has 0 radical (unpaired) electrons. The second-order valence-corrected chi connectivity index (χ2v) is 14.7. The van der Waals surface area contributed by atoms with Gasteiger partial charge in [0, 0.05) is 23.8 Å². The molecule has 12 heteroatoms. The second kappa shape index (κ2) is 14.4. The average molecular weight is 701 g/mol. The highest BCUT2D eigenvalue weighted by Crippen LogP contribution is 2.44. The van der Waals surface area contributed by atoms with Gasteiger partial charge in [0.15, 0.2) is 6.73 Å². The molecule has 1 unspecified atom stereocenters. The Morgan fingerprint density at radius 2 is 1.78 bits per heavy atom. The zero-order valence-corrected chi connectivity index (χ0v) is 29.9. The summed E-state index contributed by atoms with van der Waals surface area (Å²) < 4.78 is 24.0. The number of likely N-dealkylation sites (tertiary alicyclic amines) is 1. The highest BCUT2D eigenvalue weighted by molar-refractivity contribution is 7.18. The lowest BCUT2D eigenvalue weighted by atomic mass is 9.82. The van der Waals surface area contributed by atoms with E-state index in [0.717, 1.165) is 84.5 Å². The Kier molecular flexibility index (Phi) is 9.83. The standard InChI is InChI=1S/C38H44N4O7S/c1-5-46-38(45)49-24(3)48-37(44)34-31(42(27-16-18-40(4)19-17-27)36(43)25-12-10-23(2)11-13-25)21-33(50-34)26-14-15-28-32(20-26)47-22-41-30-9-7-6-8-29(30)39-35(28)41/h6-9,14-15,20-21,23-25,27H,5,10-13,16-19,22H2,1-4H3. The van der Waals surface area contributed by atoms with E-state index in [1.54, 1.807) is 6.92 Å². The molecule has 2 aromatic heterocycles. The van der Waals surface area contributed by atoms with Crippen molar-refractivity contribution in [3.8, 4) is 27.6 Å². The summed E-state index contributed by atoms with van der Waals surface area (Å²) in [4.78, 5) is 50.7. The molecule has 11 nitrogen and oxygen atoms in total. The van der Waals surface area contributed by atoms with E-state index in [1.165, 1.54) is 18.3 Å². The lowest BCUT2D eigenvalue weighted by molar-refractivity contribution is -0.124. The number of piperidine rings is 1. The number of imidazole rings is 1. The predicted molar refractivity (Wildman–Crippen MR) is 191 cm³/mol. The van der Waals surface area contributed by atoms with E-state index in [-0.39, 0.29) is 29.4 Å². The van der Waals surface area contributed by atoms with Crippen LogP contribution in [-0.4, -0.2) is 71.6 Å². The van der Waals surface area contributed by atoms with Crippen LogP contribution in [-0.2, 0) is 25.7 Å². The van der Waals surface area contributed by atoms with Gasteiger partial charge in [-0.25, -0.2) is 14.6 Å². The van der Waals surface area contributed by atoms with Gasteiger partial charge < -0.3 is 28.7 Å². The molecular weight excluding hydrogens is 657 g/mol. The molecule has 0 spiro atoms. The van der Waals surface area contributed by atoms with Crippen LogP contribution in [0.3, 0.4) is 0 Å². The maximum atomic E-state index is 14.6. The van der Waals surface area contributed by atoms with Crippen molar-refractivity contribution >= 4 is 46.1 Å². The predicted octanol–water partition coefficient (Wildman–Crippen LogP) is 7.71. The Balaban J connectivity index is 1.27. The monoisotopic (exact) mass is 700 g/mol. The molecule has 7 rings (SSSR count). The summed E-state index contributed by atoms with van der Waals surface area (Å²) in [5.74, 6) is 1.41. The molecule has 3 aliphatic rings. The number of carbonyl (C=O) groups is 3. The van der Waals surface area contributed by atoms with Crippen LogP contribution in [0.1, 0.15) is 69.0 Å². The van der Waals surface area contributed by atoms with Crippen LogP contribution < -0.4 is 9.64 Å². The Morgan fingerprint density at radius 3 is 2.54 bits per heavy atom. The highest BCUT2D eigenvalue weighted by atomic mass is 32.1. The molecule has 1 saturated carbocycles. The molecule has 4 heterocycles. The maximum Gasteiger partial charge on any atom is 0.511 e. The second-order valence-electron chi connectivity index (χ2n) is 13.6. The third kappa shape index (κ3) is 6.83. The fraction of sp³-hybridized carbons (Fsp3) is 0.474. The van der Waals surface area contributed by atoms with Gasteiger partial charge in [-0.1, -0.05) is 25.1 Å². The third-order valence-electron chi connectivity index (χ3n) is 10.1. The molecule has 2 aromatic carbocycles. The summed E-state index contributed by atoms with van der Waals surface area (Å²) >= 11 is 1.26. The maximum absolute atomic E-state index is 14.6. The lowest BCUT2D eigenvalue weighted by Gasteiger charge is -2.40. The summed E-state index contributed by atoms with van der Waals surface area (Å²) in [5.41, 5.74) is 4.18. The smallest absolute Gasteiger partial charge is 0.472 e. The first-order chi connectivity index (χ1) is 24.2. The molecule has 1 atom stereocenters. The van der Waals surface area contributed by atoms with Crippen molar-refractivity contribution < 1.29 is 33.3 Å². The number of carbonyl (C=O) groups excluding carboxylic acids is 3. The van der Waals surface area contributed by atoms with Gasteiger partial charge in [0.1, 0.15) is 16.5 Å². The van der Waals surface area contributed by atoms with Gasteiger partial charge in [0.05, 0.1) is 28.9 Å². The zero-order chi connectivity index (χ0) is 34.9. The molecule has 1 saturated heterocycles. The molecule has 1 amide bonds. The lowest BCUT2D eigenvalue weighted by Crippen LogP contribution is -2.49. The fourth-order valence-electron chi connectivity index (χ4n) is 7.34. The van der Waals surface area contributed by atoms with E-state index in [1.807, 2.05) is 53.4 Å². The highest BCUT2D eigenvalue weighted by Gasteiger charge is 2.38. The number of hydrogen-bond donors (Lipinski definition) is 0. The Hall–Kier alpha value is -4.42. The zero-order valence-electron chi connectivity index (χ0n) is 29.1. The number of fused-ring (bicyclic) bond motifs is 5. The van der Waals surface area contributed by atoms with Crippen LogP contribution in [0, 0.1) is 11.8 Å². The van der Waals surface area contributed by atoms with Crippen LogP contribution in [0.15, 0.2) is 48.5 Å². The van der Waals surface area contributed by atoms with E-state index in [2.05, 4.69) is 23.4 Å². The number of anilines is 1. The number of ether oxygens (including phenoxy) is 4. The van der Waals surface area contributed by atoms with Crippen LogP contribution >= 0.6 is 11.3 Å². The minimum atomic E-state index is -1.19. The largest absolute Gasteiger partial charge is 0.511 e. The van der Waals surface area contributed by atoms with Crippen molar-refractivity contribution in [3.05, 3.63) is 53.4 Å². The Labute approximate surface area is 296 Å².